The first-order valence-corrected chi connectivity index (χ1v) is 8.03. The number of hydrogen-bond acceptors (Lipinski definition) is 2. The van der Waals surface area contributed by atoms with Crippen molar-refractivity contribution in [1.82, 2.24) is 10.9 Å². The SMILES string of the molecule is Cc1cccc(NC(=S)NNC(=S)Nc2cc(C)cc(C)c2)c1. The van der Waals surface area contributed by atoms with E-state index in [4.69, 9.17) is 24.4 Å². The number of hydrazine groups is 1. The number of aryl methyl sites for hydroxylation is 3. The second kappa shape index (κ2) is 7.89. The van der Waals surface area contributed by atoms with Crippen LogP contribution in [-0.4, -0.2) is 10.2 Å². The molecule has 0 aromatic heterocycles. The lowest BCUT2D eigenvalue weighted by Crippen LogP contribution is -2.45. The Bertz CT molecular complexity index is 708. The lowest BCUT2D eigenvalue weighted by atomic mass is 10.1. The van der Waals surface area contributed by atoms with Crippen molar-refractivity contribution in [2.45, 2.75) is 20.8 Å². The lowest BCUT2D eigenvalue weighted by molar-refractivity contribution is 0.885. The van der Waals surface area contributed by atoms with Crippen LogP contribution in [-0.2, 0) is 0 Å². The summed E-state index contributed by atoms with van der Waals surface area (Å²) in [5, 5.41) is 7.11. The summed E-state index contributed by atoms with van der Waals surface area (Å²) in [6, 6.07) is 14.1. The van der Waals surface area contributed by atoms with Crippen molar-refractivity contribution in [2.75, 3.05) is 10.6 Å². The van der Waals surface area contributed by atoms with E-state index in [0.717, 1.165) is 16.9 Å². The van der Waals surface area contributed by atoms with Gasteiger partial charge in [0.2, 0.25) is 0 Å². The van der Waals surface area contributed by atoms with Crippen LogP contribution < -0.4 is 21.5 Å². The van der Waals surface area contributed by atoms with Crippen LogP contribution in [0.15, 0.2) is 42.5 Å². The van der Waals surface area contributed by atoms with Crippen molar-refractivity contribution < 1.29 is 0 Å². The van der Waals surface area contributed by atoms with Crippen molar-refractivity contribution in [3.05, 3.63) is 59.2 Å². The summed E-state index contributed by atoms with van der Waals surface area (Å²) < 4.78 is 0. The van der Waals surface area contributed by atoms with E-state index in [1.807, 2.05) is 57.2 Å². The number of anilines is 2. The smallest absolute Gasteiger partial charge is 0.189 e. The molecule has 0 radical (unpaired) electrons. The third-order valence-electron chi connectivity index (χ3n) is 3.05. The van der Waals surface area contributed by atoms with Gasteiger partial charge in [0.05, 0.1) is 0 Å². The second-order valence-corrected chi connectivity index (χ2v) is 6.22. The van der Waals surface area contributed by atoms with Gasteiger partial charge in [-0.05, 0) is 86.2 Å². The predicted molar refractivity (Wildman–Crippen MR) is 106 cm³/mol. The van der Waals surface area contributed by atoms with Gasteiger partial charge in [-0.25, -0.2) is 0 Å². The number of hydrogen-bond donors (Lipinski definition) is 4. The molecular formula is C17H20N4S2. The van der Waals surface area contributed by atoms with Gasteiger partial charge in [-0.1, -0.05) is 18.2 Å². The Morgan fingerprint density at radius 2 is 1.22 bits per heavy atom. The van der Waals surface area contributed by atoms with Crippen LogP contribution in [0, 0.1) is 20.8 Å². The highest BCUT2D eigenvalue weighted by Gasteiger charge is 2.01. The molecule has 0 atom stereocenters. The zero-order valence-electron chi connectivity index (χ0n) is 13.4. The maximum atomic E-state index is 5.25. The van der Waals surface area contributed by atoms with Crippen LogP contribution in [0.25, 0.3) is 0 Å². The molecule has 4 N–H and O–H groups in total. The van der Waals surface area contributed by atoms with Gasteiger partial charge >= 0.3 is 0 Å². The van der Waals surface area contributed by atoms with Gasteiger partial charge in [-0.2, -0.15) is 0 Å². The van der Waals surface area contributed by atoms with Gasteiger partial charge in [0.1, 0.15) is 0 Å². The van der Waals surface area contributed by atoms with E-state index in [1.54, 1.807) is 0 Å². The molecule has 2 aromatic rings. The fourth-order valence-corrected chi connectivity index (χ4v) is 2.55. The second-order valence-electron chi connectivity index (χ2n) is 5.40. The summed E-state index contributed by atoms with van der Waals surface area (Å²) in [5.74, 6) is 0. The quantitative estimate of drug-likeness (QED) is 0.491. The maximum Gasteiger partial charge on any atom is 0.189 e. The van der Waals surface area contributed by atoms with Crippen molar-refractivity contribution in [3.63, 3.8) is 0 Å². The van der Waals surface area contributed by atoms with Gasteiger partial charge < -0.3 is 10.6 Å². The third kappa shape index (κ3) is 5.84. The molecule has 0 saturated carbocycles. The Balaban J connectivity index is 1.83. The molecule has 0 amide bonds. The Hall–Kier alpha value is -2.18. The number of thiocarbonyl (C=S) groups is 2. The van der Waals surface area contributed by atoms with Crippen LogP contribution in [0.3, 0.4) is 0 Å². The van der Waals surface area contributed by atoms with Gasteiger partial charge in [-0.15, -0.1) is 0 Å². The molecule has 4 nitrogen and oxygen atoms in total. The van der Waals surface area contributed by atoms with Gasteiger partial charge in [0.25, 0.3) is 0 Å². The van der Waals surface area contributed by atoms with Crippen LogP contribution >= 0.6 is 24.4 Å². The number of rotatable bonds is 2. The molecule has 23 heavy (non-hydrogen) atoms. The molecule has 0 aliphatic heterocycles. The Kier molecular flexibility index (Phi) is 5.90. The minimum atomic E-state index is 0.445. The number of benzene rings is 2. The zero-order valence-corrected chi connectivity index (χ0v) is 15.0. The first-order valence-electron chi connectivity index (χ1n) is 7.21. The lowest BCUT2D eigenvalue weighted by Gasteiger charge is -2.15. The molecule has 0 spiro atoms. The maximum absolute atomic E-state index is 5.25. The van der Waals surface area contributed by atoms with E-state index in [9.17, 15) is 0 Å². The van der Waals surface area contributed by atoms with Crippen molar-refractivity contribution >= 4 is 46.0 Å². The molecule has 0 aliphatic rings. The average Bonchev–Trinajstić information content (AvgIpc) is 2.44. The van der Waals surface area contributed by atoms with Crippen molar-refractivity contribution in [2.24, 2.45) is 0 Å². The molecule has 0 saturated heterocycles. The summed E-state index contributed by atoms with van der Waals surface area (Å²) >= 11 is 10.5. The van der Waals surface area contributed by atoms with Crippen molar-refractivity contribution in [1.29, 1.82) is 0 Å². The highest BCUT2D eigenvalue weighted by molar-refractivity contribution is 7.81. The third-order valence-corrected chi connectivity index (χ3v) is 3.45. The molecule has 0 bridgehead atoms. The van der Waals surface area contributed by atoms with E-state index >= 15 is 0 Å². The Morgan fingerprint density at radius 1 is 0.696 bits per heavy atom. The summed E-state index contributed by atoms with van der Waals surface area (Å²) in [7, 11) is 0. The molecule has 0 aliphatic carbocycles. The average molecular weight is 345 g/mol. The topological polar surface area (TPSA) is 48.1 Å². The predicted octanol–water partition coefficient (Wildman–Crippen LogP) is 3.80. The first-order chi connectivity index (χ1) is 10.9. The fourth-order valence-electron chi connectivity index (χ4n) is 2.21. The van der Waals surface area contributed by atoms with E-state index in [0.29, 0.717) is 10.2 Å². The highest BCUT2D eigenvalue weighted by Crippen LogP contribution is 2.13. The van der Waals surface area contributed by atoms with E-state index < -0.39 is 0 Å². The molecule has 0 fully saturated rings. The Labute approximate surface area is 147 Å². The molecule has 6 heteroatoms. The molecule has 0 unspecified atom stereocenters. The van der Waals surface area contributed by atoms with E-state index in [2.05, 4.69) is 27.6 Å². The fraction of sp³-hybridized carbons (Fsp3) is 0.176. The molecule has 0 heterocycles. The molecule has 120 valence electrons. The minimum Gasteiger partial charge on any atom is -0.331 e. The van der Waals surface area contributed by atoms with Crippen LogP contribution in [0.1, 0.15) is 16.7 Å². The molecule has 2 rings (SSSR count). The monoisotopic (exact) mass is 344 g/mol. The van der Waals surface area contributed by atoms with Gasteiger partial charge in [0, 0.05) is 11.4 Å². The first kappa shape index (κ1) is 17.2. The van der Waals surface area contributed by atoms with Gasteiger partial charge in [-0.3, -0.25) is 10.9 Å². The van der Waals surface area contributed by atoms with Crippen LogP contribution in [0.2, 0.25) is 0 Å². The van der Waals surface area contributed by atoms with Crippen molar-refractivity contribution in [3.8, 4) is 0 Å². The van der Waals surface area contributed by atoms with Crippen LogP contribution in [0.5, 0.6) is 0 Å². The minimum absolute atomic E-state index is 0.445. The number of nitrogens with one attached hydrogen (secondary N) is 4. The normalized spacial score (nSPS) is 9.87. The highest BCUT2D eigenvalue weighted by atomic mass is 32.1. The zero-order chi connectivity index (χ0) is 16.8. The largest absolute Gasteiger partial charge is 0.331 e. The van der Waals surface area contributed by atoms with Crippen LogP contribution in [0.4, 0.5) is 11.4 Å². The Morgan fingerprint density at radius 3 is 1.78 bits per heavy atom. The summed E-state index contributed by atoms with van der Waals surface area (Å²) in [6.07, 6.45) is 0. The summed E-state index contributed by atoms with van der Waals surface area (Å²) in [5.41, 5.74) is 11.1. The standard InChI is InChI=1S/C17H20N4S2/c1-11-5-4-6-14(8-11)18-16(22)20-21-17(23)19-15-9-12(2)7-13(3)10-15/h4-10H,1-3H3,(H2,18,20,22)(H2,19,21,23). The molecular weight excluding hydrogens is 324 g/mol. The summed E-state index contributed by atoms with van der Waals surface area (Å²) in [6.45, 7) is 6.13. The van der Waals surface area contributed by atoms with E-state index in [-0.39, 0.29) is 0 Å². The molecule has 2 aromatic carbocycles. The van der Waals surface area contributed by atoms with Gasteiger partial charge in [0.15, 0.2) is 10.2 Å². The summed E-state index contributed by atoms with van der Waals surface area (Å²) in [4.78, 5) is 0. The van der Waals surface area contributed by atoms with E-state index in [1.165, 1.54) is 11.1 Å².